The van der Waals surface area contributed by atoms with E-state index in [4.69, 9.17) is 4.74 Å². The van der Waals surface area contributed by atoms with Gasteiger partial charge in [-0.25, -0.2) is 0 Å². The van der Waals surface area contributed by atoms with E-state index in [-0.39, 0.29) is 23.0 Å². The van der Waals surface area contributed by atoms with Crippen LogP contribution in [0.2, 0.25) is 0 Å². The van der Waals surface area contributed by atoms with E-state index in [0.717, 1.165) is 19.3 Å². The highest BCUT2D eigenvalue weighted by molar-refractivity contribution is 4.99. The van der Waals surface area contributed by atoms with Gasteiger partial charge in [-0.15, -0.1) is 0 Å². The average molecular weight is 258 g/mol. The van der Waals surface area contributed by atoms with Crippen molar-refractivity contribution < 1.29 is 14.9 Å². The smallest absolute Gasteiger partial charge is 0.0858 e. The molecule has 2 N–H and O–H groups in total. The topological polar surface area (TPSA) is 49.7 Å². The third-order valence-corrected chi connectivity index (χ3v) is 4.44. The summed E-state index contributed by atoms with van der Waals surface area (Å²) in [6, 6.07) is 0. The minimum atomic E-state index is -0.702. The summed E-state index contributed by atoms with van der Waals surface area (Å²) in [6.45, 7) is 12.2. The second kappa shape index (κ2) is 5.48. The van der Waals surface area contributed by atoms with Crippen molar-refractivity contribution in [1.82, 2.24) is 0 Å². The molecule has 1 aliphatic rings. The standard InChI is InChI=1S/C15H30O3/c1-7-10(8-2)12(16)13(17)11-9-14(3,4)18-15(11,5)6/h10-13,16-17H,7-9H2,1-6H3. The van der Waals surface area contributed by atoms with Gasteiger partial charge >= 0.3 is 0 Å². The zero-order valence-corrected chi connectivity index (χ0v) is 12.7. The van der Waals surface area contributed by atoms with Crippen molar-refractivity contribution in [2.45, 2.75) is 84.2 Å². The van der Waals surface area contributed by atoms with Crippen LogP contribution in [0, 0.1) is 11.8 Å². The molecule has 18 heavy (non-hydrogen) atoms. The molecule has 0 aromatic rings. The third-order valence-electron chi connectivity index (χ3n) is 4.44. The molecule has 1 rings (SSSR count). The molecular formula is C15H30O3. The Morgan fingerprint density at radius 1 is 1.11 bits per heavy atom. The summed E-state index contributed by atoms with van der Waals surface area (Å²) < 4.78 is 6.00. The Labute approximate surface area is 112 Å². The first kappa shape index (κ1) is 15.9. The highest BCUT2D eigenvalue weighted by Crippen LogP contribution is 2.44. The molecule has 0 spiro atoms. The van der Waals surface area contributed by atoms with E-state index < -0.39 is 12.2 Å². The van der Waals surface area contributed by atoms with Gasteiger partial charge < -0.3 is 14.9 Å². The van der Waals surface area contributed by atoms with Crippen LogP contribution >= 0.6 is 0 Å². The lowest BCUT2D eigenvalue weighted by molar-refractivity contribution is -0.112. The Balaban J connectivity index is 2.80. The van der Waals surface area contributed by atoms with Crippen LogP contribution in [0.4, 0.5) is 0 Å². The molecule has 3 heteroatoms. The summed E-state index contributed by atoms with van der Waals surface area (Å²) in [6.07, 6.45) is 1.23. The normalized spacial score (nSPS) is 29.5. The van der Waals surface area contributed by atoms with Crippen molar-refractivity contribution in [3.05, 3.63) is 0 Å². The third kappa shape index (κ3) is 3.25. The van der Waals surface area contributed by atoms with E-state index in [9.17, 15) is 10.2 Å². The molecule has 0 aliphatic carbocycles. The second-order valence-electron chi connectivity index (χ2n) is 6.83. The van der Waals surface area contributed by atoms with Crippen LogP contribution < -0.4 is 0 Å². The van der Waals surface area contributed by atoms with Crippen LogP contribution in [0.25, 0.3) is 0 Å². The summed E-state index contributed by atoms with van der Waals surface area (Å²) in [5.74, 6) is 0.155. The lowest BCUT2D eigenvalue weighted by Gasteiger charge is -2.35. The minimum Gasteiger partial charge on any atom is -0.390 e. The SMILES string of the molecule is CCC(CC)C(O)C(O)C1CC(C)(C)OC1(C)C. The lowest BCUT2D eigenvalue weighted by atomic mass is 9.77. The molecule has 0 aromatic carbocycles. The number of ether oxygens (including phenoxy) is 1. The fourth-order valence-electron chi connectivity index (χ4n) is 3.43. The van der Waals surface area contributed by atoms with Gasteiger partial charge in [0.1, 0.15) is 0 Å². The van der Waals surface area contributed by atoms with Crippen molar-refractivity contribution >= 4 is 0 Å². The van der Waals surface area contributed by atoms with Gasteiger partial charge in [-0.1, -0.05) is 26.7 Å². The van der Waals surface area contributed by atoms with Gasteiger partial charge in [0.05, 0.1) is 23.4 Å². The van der Waals surface area contributed by atoms with E-state index in [1.54, 1.807) is 0 Å². The van der Waals surface area contributed by atoms with Crippen molar-refractivity contribution in [3.63, 3.8) is 0 Å². The highest BCUT2D eigenvalue weighted by Gasteiger charge is 2.50. The van der Waals surface area contributed by atoms with Crippen molar-refractivity contribution in [3.8, 4) is 0 Å². The van der Waals surface area contributed by atoms with Gasteiger partial charge in [0.25, 0.3) is 0 Å². The van der Waals surface area contributed by atoms with Gasteiger partial charge in [-0.2, -0.15) is 0 Å². The molecule has 3 unspecified atom stereocenters. The lowest BCUT2D eigenvalue weighted by Crippen LogP contribution is -2.45. The zero-order chi connectivity index (χ0) is 14.1. The maximum atomic E-state index is 10.5. The van der Waals surface area contributed by atoms with Crippen LogP contribution in [-0.2, 0) is 4.74 Å². The first-order valence-electron chi connectivity index (χ1n) is 7.21. The van der Waals surface area contributed by atoms with E-state index >= 15 is 0 Å². The van der Waals surface area contributed by atoms with Gasteiger partial charge in [-0.3, -0.25) is 0 Å². The van der Waals surface area contributed by atoms with E-state index in [1.165, 1.54) is 0 Å². The molecule has 1 heterocycles. The van der Waals surface area contributed by atoms with Crippen LogP contribution in [0.5, 0.6) is 0 Å². The van der Waals surface area contributed by atoms with Crippen LogP contribution in [-0.4, -0.2) is 33.6 Å². The molecule has 0 saturated carbocycles. The van der Waals surface area contributed by atoms with Crippen LogP contribution in [0.3, 0.4) is 0 Å². The van der Waals surface area contributed by atoms with Gasteiger partial charge in [0.15, 0.2) is 0 Å². The van der Waals surface area contributed by atoms with E-state index in [1.807, 2.05) is 27.7 Å². The Morgan fingerprint density at radius 2 is 1.61 bits per heavy atom. The average Bonchev–Trinajstić information content (AvgIpc) is 2.47. The van der Waals surface area contributed by atoms with Gasteiger partial charge in [0.2, 0.25) is 0 Å². The maximum absolute atomic E-state index is 10.5. The fourth-order valence-corrected chi connectivity index (χ4v) is 3.43. The molecule has 1 fully saturated rings. The molecule has 0 radical (unpaired) electrons. The summed E-state index contributed by atoms with van der Waals surface area (Å²) >= 11 is 0. The fraction of sp³-hybridized carbons (Fsp3) is 1.00. The number of aliphatic hydroxyl groups excluding tert-OH is 2. The van der Waals surface area contributed by atoms with Gasteiger partial charge in [-0.05, 0) is 40.0 Å². The molecule has 3 atom stereocenters. The molecule has 1 aliphatic heterocycles. The molecule has 0 aromatic heterocycles. The van der Waals surface area contributed by atoms with Crippen molar-refractivity contribution in [1.29, 1.82) is 0 Å². The van der Waals surface area contributed by atoms with E-state index in [2.05, 4.69) is 13.8 Å². The Kier molecular flexibility index (Phi) is 4.85. The molecule has 108 valence electrons. The maximum Gasteiger partial charge on any atom is 0.0858 e. The summed E-state index contributed by atoms with van der Waals surface area (Å²) in [4.78, 5) is 0. The number of hydrogen-bond acceptors (Lipinski definition) is 3. The molecule has 0 bridgehead atoms. The quantitative estimate of drug-likeness (QED) is 0.797. The van der Waals surface area contributed by atoms with Gasteiger partial charge in [0, 0.05) is 5.92 Å². The van der Waals surface area contributed by atoms with Crippen molar-refractivity contribution in [2.24, 2.45) is 11.8 Å². The highest BCUT2D eigenvalue weighted by atomic mass is 16.5. The molecule has 3 nitrogen and oxygen atoms in total. The Hall–Kier alpha value is -0.120. The predicted octanol–water partition coefficient (Wildman–Crippen LogP) is 2.74. The first-order valence-corrected chi connectivity index (χ1v) is 7.21. The second-order valence-corrected chi connectivity index (χ2v) is 6.83. The van der Waals surface area contributed by atoms with Crippen molar-refractivity contribution in [2.75, 3.05) is 0 Å². The predicted molar refractivity (Wildman–Crippen MR) is 73.4 cm³/mol. The molecular weight excluding hydrogens is 228 g/mol. The summed E-state index contributed by atoms with van der Waals surface area (Å²) in [7, 11) is 0. The first-order chi connectivity index (χ1) is 8.14. The van der Waals surface area contributed by atoms with E-state index in [0.29, 0.717) is 0 Å². The minimum absolute atomic E-state index is 0.0110. The Bertz CT molecular complexity index is 269. The number of rotatable bonds is 5. The van der Waals surface area contributed by atoms with Crippen LogP contribution in [0.15, 0.2) is 0 Å². The summed E-state index contributed by atoms with van der Waals surface area (Å²) in [5, 5.41) is 20.8. The number of aliphatic hydroxyl groups is 2. The summed E-state index contributed by atoms with van der Waals surface area (Å²) in [5.41, 5.74) is -0.598. The monoisotopic (exact) mass is 258 g/mol. The zero-order valence-electron chi connectivity index (χ0n) is 12.7. The largest absolute Gasteiger partial charge is 0.390 e. The molecule has 1 saturated heterocycles. The van der Waals surface area contributed by atoms with Crippen LogP contribution in [0.1, 0.15) is 60.8 Å². The molecule has 0 amide bonds. The Morgan fingerprint density at radius 3 is 1.94 bits per heavy atom. The number of hydrogen-bond donors (Lipinski definition) is 2.